The standard InChI is InChI=1S/C13H18FNO/c1-2-3-8-13(16)15-10-9-11-6-4-5-7-12(11)14/h4-7H,2-3,8-10H2,1H3,(H,15,16). The predicted molar refractivity (Wildman–Crippen MR) is 62.6 cm³/mol. The van der Waals surface area contributed by atoms with Gasteiger partial charge in [-0.2, -0.15) is 0 Å². The minimum atomic E-state index is -0.203. The minimum Gasteiger partial charge on any atom is -0.356 e. The normalized spacial score (nSPS) is 10.1. The number of rotatable bonds is 6. The molecule has 1 rings (SSSR count). The number of hydrogen-bond donors (Lipinski definition) is 1. The van der Waals surface area contributed by atoms with Crippen molar-refractivity contribution >= 4 is 5.91 Å². The van der Waals surface area contributed by atoms with Crippen LogP contribution in [0.2, 0.25) is 0 Å². The van der Waals surface area contributed by atoms with Gasteiger partial charge >= 0.3 is 0 Å². The summed E-state index contributed by atoms with van der Waals surface area (Å²) in [5, 5.41) is 2.79. The molecular weight excluding hydrogens is 205 g/mol. The molecule has 0 unspecified atom stereocenters. The van der Waals surface area contributed by atoms with Crippen LogP contribution in [0, 0.1) is 5.82 Å². The Morgan fingerprint density at radius 1 is 1.38 bits per heavy atom. The molecule has 3 heteroatoms. The first-order valence-corrected chi connectivity index (χ1v) is 5.74. The van der Waals surface area contributed by atoms with Crippen LogP contribution in [0.1, 0.15) is 31.7 Å². The summed E-state index contributed by atoms with van der Waals surface area (Å²) in [6, 6.07) is 6.65. The van der Waals surface area contributed by atoms with E-state index < -0.39 is 0 Å². The van der Waals surface area contributed by atoms with Crippen LogP contribution in [-0.2, 0) is 11.2 Å². The van der Waals surface area contributed by atoms with Crippen molar-refractivity contribution in [2.45, 2.75) is 32.6 Å². The predicted octanol–water partition coefficient (Wildman–Crippen LogP) is 2.67. The van der Waals surface area contributed by atoms with Crippen LogP contribution in [0.4, 0.5) is 4.39 Å². The molecule has 0 aliphatic rings. The van der Waals surface area contributed by atoms with Gasteiger partial charge in [0.25, 0.3) is 0 Å². The fraction of sp³-hybridized carbons (Fsp3) is 0.462. The third-order valence-corrected chi connectivity index (χ3v) is 2.43. The van der Waals surface area contributed by atoms with Crippen LogP contribution >= 0.6 is 0 Å². The second-order valence-corrected chi connectivity index (χ2v) is 3.79. The Hall–Kier alpha value is -1.38. The van der Waals surface area contributed by atoms with Crippen molar-refractivity contribution in [2.75, 3.05) is 6.54 Å². The summed E-state index contributed by atoms with van der Waals surface area (Å²) in [6.45, 7) is 2.55. The zero-order valence-corrected chi connectivity index (χ0v) is 9.63. The summed E-state index contributed by atoms with van der Waals surface area (Å²) in [6.07, 6.45) is 3.03. The Morgan fingerprint density at radius 3 is 2.81 bits per heavy atom. The molecule has 88 valence electrons. The number of carbonyl (C=O) groups excluding carboxylic acids is 1. The lowest BCUT2D eigenvalue weighted by Crippen LogP contribution is -2.25. The average Bonchev–Trinajstić information content (AvgIpc) is 2.29. The summed E-state index contributed by atoms with van der Waals surface area (Å²) in [4.78, 5) is 11.3. The first-order valence-electron chi connectivity index (χ1n) is 5.74. The zero-order valence-electron chi connectivity index (χ0n) is 9.63. The van der Waals surface area contributed by atoms with Gasteiger partial charge in [-0.3, -0.25) is 4.79 Å². The molecule has 0 saturated carbocycles. The van der Waals surface area contributed by atoms with Gasteiger partial charge in [0.15, 0.2) is 0 Å². The van der Waals surface area contributed by atoms with Crippen LogP contribution < -0.4 is 5.32 Å². The fourth-order valence-electron chi connectivity index (χ4n) is 1.46. The number of halogens is 1. The van der Waals surface area contributed by atoms with Gasteiger partial charge in [0.2, 0.25) is 5.91 Å². The maximum Gasteiger partial charge on any atom is 0.220 e. The van der Waals surface area contributed by atoms with Crippen molar-refractivity contribution in [1.82, 2.24) is 5.32 Å². The van der Waals surface area contributed by atoms with Crippen molar-refractivity contribution in [3.05, 3.63) is 35.6 Å². The Kier molecular flexibility index (Phi) is 5.54. The summed E-state index contributed by atoms with van der Waals surface area (Å²) < 4.78 is 13.2. The van der Waals surface area contributed by atoms with Gasteiger partial charge in [-0.15, -0.1) is 0 Å². The highest BCUT2D eigenvalue weighted by molar-refractivity contribution is 5.75. The van der Waals surface area contributed by atoms with Gasteiger partial charge in [-0.25, -0.2) is 4.39 Å². The summed E-state index contributed by atoms with van der Waals surface area (Å²) in [5.74, 6) is -0.150. The molecular formula is C13H18FNO. The zero-order chi connectivity index (χ0) is 11.8. The van der Waals surface area contributed by atoms with Gasteiger partial charge < -0.3 is 5.32 Å². The summed E-state index contributed by atoms with van der Waals surface area (Å²) in [7, 11) is 0. The molecule has 16 heavy (non-hydrogen) atoms. The number of carbonyl (C=O) groups is 1. The molecule has 0 heterocycles. The maximum atomic E-state index is 13.2. The monoisotopic (exact) mass is 223 g/mol. The molecule has 2 nitrogen and oxygen atoms in total. The molecule has 1 N–H and O–H groups in total. The molecule has 0 radical (unpaired) electrons. The highest BCUT2D eigenvalue weighted by Gasteiger charge is 2.02. The smallest absolute Gasteiger partial charge is 0.220 e. The van der Waals surface area contributed by atoms with Gasteiger partial charge in [-0.05, 0) is 24.5 Å². The number of unbranched alkanes of at least 4 members (excludes halogenated alkanes) is 1. The Labute approximate surface area is 95.9 Å². The Bertz CT molecular complexity index is 338. The topological polar surface area (TPSA) is 29.1 Å². The van der Waals surface area contributed by atoms with Gasteiger partial charge in [0.1, 0.15) is 5.82 Å². The SMILES string of the molecule is CCCCC(=O)NCCc1ccccc1F. The molecule has 1 aromatic carbocycles. The first-order chi connectivity index (χ1) is 7.74. The molecule has 0 aliphatic heterocycles. The van der Waals surface area contributed by atoms with Crippen molar-refractivity contribution in [3.63, 3.8) is 0 Å². The highest BCUT2D eigenvalue weighted by atomic mass is 19.1. The molecule has 0 fully saturated rings. The molecule has 1 aromatic rings. The average molecular weight is 223 g/mol. The molecule has 0 spiro atoms. The Balaban J connectivity index is 2.25. The molecule has 0 aliphatic carbocycles. The highest BCUT2D eigenvalue weighted by Crippen LogP contribution is 2.06. The van der Waals surface area contributed by atoms with E-state index in [0.29, 0.717) is 24.9 Å². The van der Waals surface area contributed by atoms with Gasteiger partial charge in [-0.1, -0.05) is 31.5 Å². The van der Waals surface area contributed by atoms with Crippen LogP contribution in [0.25, 0.3) is 0 Å². The maximum absolute atomic E-state index is 13.2. The number of hydrogen-bond acceptors (Lipinski definition) is 1. The first kappa shape index (κ1) is 12.7. The van der Waals surface area contributed by atoms with Crippen molar-refractivity contribution < 1.29 is 9.18 Å². The quantitative estimate of drug-likeness (QED) is 0.789. The van der Waals surface area contributed by atoms with Crippen molar-refractivity contribution in [2.24, 2.45) is 0 Å². The van der Waals surface area contributed by atoms with E-state index >= 15 is 0 Å². The van der Waals surface area contributed by atoms with E-state index in [-0.39, 0.29) is 11.7 Å². The van der Waals surface area contributed by atoms with Gasteiger partial charge in [0.05, 0.1) is 0 Å². The van der Waals surface area contributed by atoms with Crippen LogP contribution in [0.15, 0.2) is 24.3 Å². The van der Waals surface area contributed by atoms with E-state index in [4.69, 9.17) is 0 Å². The lowest BCUT2D eigenvalue weighted by atomic mass is 10.1. The van der Waals surface area contributed by atoms with E-state index in [1.807, 2.05) is 6.92 Å². The van der Waals surface area contributed by atoms with E-state index in [1.165, 1.54) is 6.07 Å². The van der Waals surface area contributed by atoms with Crippen LogP contribution in [-0.4, -0.2) is 12.5 Å². The molecule has 0 aromatic heterocycles. The lowest BCUT2D eigenvalue weighted by molar-refractivity contribution is -0.121. The van der Waals surface area contributed by atoms with Crippen molar-refractivity contribution in [1.29, 1.82) is 0 Å². The van der Waals surface area contributed by atoms with Crippen molar-refractivity contribution in [3.8, 4) is 0 Å². The van der Waals surface area contributed by atoms with E-state index in [2.05, 4.69) is 5.32 Å². The van der Waals surface area contributed by atoms with Crippen LogP contribution in [0.3, 0.4) is 0 Å². The van der Waals surface area contributed by atoms with E-state index in [9.17, 15) is 9.18 Å². The largest absolute Gasteiger partial charge is 0.356 e. The van der Waals surface area contributed by atoms with Crippen LogP contribution in [0.5, 0.6) is 0 Å². The third kappa shape index (κ3) is 4.43. The summed E-state index contributed by atoms with van der Waals surface area (Å²) >= 11 is 0. The van der Waals surface area contributed by atoms with E-state index in [1.54, 1.807) is 18.2 Å². The molecule has 0 atom stereocenters. The second kappa shape index (κ2) is 6.99. The fourth-order valence-corrected chi connectivity index (χ4v) is 1.46. The number of nitrogens with one attached hydrogen (secondary N) is 1. The second-order valence-electron chi connectivity index (χ2n) is 3.79. The Morgan fingerprint density at radius 2 is 2.12 bits per heavy atom. The number of amides is 1. The number of benzene rings is 1. The lowest BCUT2D eigenvalue weighted by Gasteiger charge is -2.05. The molecule has 0 saturated heterocycles. The van der Waals surface area contributed by atoms with Gasteiger partial charge in [0, 0.05) is 13.0 Å². The molecule has 0 bridgehead atoms. The molecule has 1 amide bonds. The summed E-state index contributed by atoms with van der Waals surface area (Å²) in [5.41, 5.74) is 0.651. The van der Waals surface area contributed by atoms with E-state index in [0.717, 1.165) is 12.8 Å². The minimum absolute atomic E-state index is 0.0539. The third-order valence-electron chi connectivity index (χ3n) is 2.43.